The van der Waals surface area contributed by atoms with Gasteiger partial charge in [-0.15, -0.1) is 0 Å². The van der Waals surface area contributed by atoms with E-state index in [2.05, 4.69) is 88.4 Å². The van der Waals surface area contributed by atoms with Gasteiger partial charge in [0.25, 0.3) is 8.32 Å². The van der Waals surface area contributed by atoms with Crippen LogP contribution in [0.1, 0.15) is 34.1 Å². The fourth-order valence-electron chi connectivity index (χ4n) is 2.91. The maximum Gasteiger partial charge on any atom is 0.256 e. The summed E-state index contributed by atoms with van der Waals surface area (Å²) in [5.74, 6) is 0. The Hall–Kier alpha value is -1.38. The predicted molar refractivity (Wildman–Crippen MR) is 93.8 cm³/mol. The topological polar surface area (TPSA) is 9.23 Å². The molecule has 0 N–H and O–H groups in total. The lowest BCUT2D eigenvalue weighted by Crippen LogP contribution is -2.63. The molecule has 0 spiro atoms. The number of benzene rings is 2. The van der Waals surface area contributed by atoms with Gasteiger partial charge in [-0.1, -0.05) is 74.0 Å². The van der Waals surface area contributed by atoms with Gasteiger partial charge in [-0.25, -0.2) is 0 Å². The quantitative estimate of drug-likeness (QED) is 0.759. The van der Waals surface area contributed by atoms with Crippen LogP contribution in [-0.4, -0.2) is 13.9 Å². The van der Waals surface area contributed by atoms with Crippen LogP contribution in [0.2, 0.25) is 6.04 Å². The van der Waals surface area contributed by atoms with Gasteiger partial charge < -0.3 is 4.43 Å². The number of hydrogen-bond acceptors (Lipinski definition) is 1. The summed E-state index contributed by atoms with van der Waals surface area (Å²) in [5, 5.41) is 2.74. The maximum absolute atomic E-state index is 6.78. The molecule has 0 aliphatic carbocycles. The Balaban J connectivity index is 2.60. The molecule has 0 aliphatic heterocycles. The molecule has 2 aromatic carbocycles. The molecule has 0 unspecified atom stereocenters. The third kappa shape index (κ3) is 3.83. The van der Waals surface area contributed by atoms with Crippen LogP contribution in [0.25, 0.3) is 0 Å². The van der Waals surface area contributed by atoms with E-state index in [1.165, 1.54) is 10.4 Å². The molecule has 0 aromatic heterocycles. The molecule has 0 saturated carbocycles. The van der Waals surface area contributed by atoms with Crippen molar-refractivity contribution >= 4 is 18.7 Å². The highest BCUT2D eigenvalue weighted by Gasteiger charge is 2.41. The normalized spacial score (nSPS) is 12.4. The van der Waals surface area contributed by atoms with Gasteiger partial charge in [-0.2, -0.15) is 0 Å². The van der Waals surface area contributed by atoms with Crippen molar-refractivity contribution in [3.63, 3.8) is 0 Å². The smallest absolute Gasteiger partial charge is 0.256 e. The standard InChI is InChI=1S/C19H26OSi/c1-5-16-21(20-19(2,3)4,17-12-8-6-9-13-17)18-14-10-7-11-15-18/h6-15H,5,16H2,1-4H3. The second kappa shape index (κ2) is 6.59. The molecule has 0 heterocycles. The zero-order chi connectivity index (χ0) is 15.3. The average molecular weight is 299 g/mol. The van der Waals surface area contributed by atoms with E-state index >= 15 is 0 Å². The summed E-state index contributed by atoms with van der Waals surface area (Å²) >= 11 is 0. The van der Waals surface area contributed by atoms with Crippen molar-refractivity contribution in [2.45, 2.75) is 45.8 Å². The molecular formula is C19H26OSi. The predicted octanol–water partition coefficient (Wildman–Crippen LogP) is 3.97. The first-order valence-electron chi connectivity index (χ1n) is 7.79. The molecule has 1 nitrogen and oxygen atoms in total. The van der Waals surface area contributed by atoms with Gasteiger partial charge in [0.2, 0.25) is 0 Å². The van der Waals surface area contributed by atoms with Crippen LogP contribution in [0.3, 0.4) is 0 Å². The number of hydrogen-bond donors (Lipinski definition) is 0. The van der Waals surface area contributed by atoms with Crippen LogP contribution in [-0.2, 0) is 4.43 Å². The molecule has 2 aromatic rings. The van der Waals surface area contributed by atoms with Crippen LogP contribution in [0.15, 0.2) is 60.7 Å². The Morgan fingerprint density at radius 2 is 1.24 bits per heavy atom. The van der Waals surface area contributed by atoms with Gasteiger partial charge in [0, 0.05) is 5.60 Å². The van der Waals surface area contributed by atoms with Gasteiger partial charge in [0.1, 0.15) is 0 Å². The van der Waals surface area contributed by atoms with Crippen molar-refractivity contribution in [1.82, 2.24) is 0 Å². The maximum atomic E-state index is 6.78. The molecule has 2 rings (SSSR count). The van der Waals surface area contributed by atoms with Crippen LogP contribution in [0.4, 0.5) is 0 Å². The van der Waals surface area contributed by atoms with Crippen molar-refractivity contribution < 1.29 is 4.43 Å². The van der Waals surface area contributed by atoms with Crippen molar-refractivity contribution in [2.24, 2.45) is 0 Å². The lowest BCUT2D eigenvalue weighted by atomic mass is 10.2. The lowest BCUT2D eigenvalue weighted by molar-refractivity contribution is 0.125. The molecule has 0 aliphatic rings. The third-order valence-corrected chi connectivity index (χ3v) is 8.26. The minimum absolute atomic E-state index is 0.146. The van der Waals surface area contributed by atoms with E-state index in [0.29, 0.717) is 0 Å². The molecule has 0 fully saturated rings. The fraction of sp³-hybridized carbons (Fsp3) is 0.368. The SMILES string of the molecule is CCC[Si](OC(C)(C)C)(c1ccccc1)c1ccccc1. The molecular weight excluding hydrogens is 272 g/mol. The summed E-state index contributed by atoms with van der Waals surface area (Å²) in [5.41, 5.74) is -0.146. The Kier molecular flexibility index (Phi) is 5.02. The van der Waals surface area contributed by atoms with E-state index in [9.17, 15) is 0 Å². The first kappa shape index (κ1) is 16.0. The highest BCUT2D eigenvalue weighted by atomic mass is 28.4. The van der Waals surface area contributed by atoms with Gasteiger partial charge >= 0.3 is 0 Å². The first-order valence-corrected chi connectivity index (χ1v) is 9.91. The van der Waals surface area contributed by atoms with Crippen LogP contribution in [0.5, 0.6) is 0 Å². The summed E-state index contributed by atoms with van der Waals surface area (Å²) in [6.07, 6.45) is 1.13. The monoisotopic (exact) mass is 298 g/mol. The average Bonchev–Trinajstić information content (AvgIpc) is 2.47. The first-order chi connectivity index (χ1) is 9.98. The van der Waals surface area contributed by atoms with E-state index in [1.54, 1.807) is 0 Å². The third-order valence-electron chi connectivity index (χ3n) is 3.56. The minimum Gasteiger partial charge on any atom is -0.403 e. The Labute approximate surface area is 130 Å². The molecule has 2 heteroatoms. The zero-order valence-corrected chi connectivity index (χ0v) is 14.6. The van der Waals surface area contributed by atoms with E-state index in [0.717, 1.165) is 12.5 Å². The summed E-state index contributed by atoms with van der Waals surface area (Å²) in [4.78, 5) is 0. The van der Waals surface area contributed by atoms with Gasteiger partial charge in [0.15, 0.2) is 0 Å². The highest BCUT2D eigenvalue weighted by Crippen LogP contribution is 2.22. The van der Waals surface area contributed by atoms with Crippen molar-refractivity contribution in [1.29, 1.82) is 0 Å². The van der Waals surface area contributed by atoms with Crippen molar-refractivity contribution in [3.8, 4) is 0 Å². The molecule has 0 saturated heterocycles. The molecule has 112 valence electrons. The summed E-state index contributed by atoms with van der Waals surface area (Å²) < 4.78 is 6.78. The Bertz CT molecular complexity index is 503. The minimum atomic E-state index is -2.18. The second-order valence-corrected chi connectivity index (χ2v) is 10.0. The van der Waals surface area contributed by atoms with Crippen molar-refractivity contribution in [3.05, 3.63) is 60.7 Å². The van der Waals surface area contributed by atoms with E-state index in [4.69, 9.17) is 4.43 Å². The van der Waals surface area contributed by atoms with Gasteiger partial charge in [-0.05, 0) is 37.2 Å². The number of rotatable bonds is 5. The summed E-state index contributed by atoms with van der Waals surface area (Å²) in [7, 11) is -2.18. The summed E-state index contributed by atoms with van der Waals surface area (Å²) in [6, 6.07) is 22.7. The van der Waals surface area contributed by atoms with Crippen molar-refractivity contribution in [2.75, 3.05) is 0 Å². The van der Waals surface area contributed by atoms with Crippen LogP contribution < -0.4 is 10.4 Å². The Morgan fingerprint density at radius 3 is 1.57 bits per heavy atom. The van der Waals surface area contributed by atoms with Gasteiger partial charge in [0.05, 0.1) is 0 Å². The second-order valence-electron chi connectivity index (χ2n) is 6.52. The zero-order valence-electron chi connectivity index (χ0n) is 13.6. The summed E-state index contributed by atoms with van der Waals surface area (Å²) in [6.45, 7) is 8.74. The molecule has 21 heavy (non-hydrogen) atoms. The van der Waals surface area contributed by atoms with E-state index in [-0.39, 0.29) is 5.60 Å². The lowest BCUT2D eigenvalue weighted by Gasteiger charge is -2.38. The van der Waals surface area contributed by atoms with E-state index in [1.807, 2.05) is 0 Å². The highest BCUT2D eigenvalue weighted by molar-refractivity contribution is 6.97. The van der Waals surface area contributed by atoms with Crippen LogP contribution >= 0.6 is 0 Å². The Morgan fingerprint density at radius 1 is 0.810 bits per heavy atom. The van der Waals surface area contributed by atoms with E-state index < -0.39 is 8.32 Å². The fourth-order valence-corrected chi connectivity index (χ4v) is 7.37. The molecule has 0 bridgehead atoms. The van der Waals surface area contributed by atoms with Crippen LogP contribution in [0, 0.1) is 0 Å². The molecule has 0 atom stereocenters. The largest absolute Gasteiger partial charge is 0.403 e. The molecule has 0 amide bonds. The van der Waals surface area contributed by atoms with Gasteiger partial charge in [-0.3, -0.25) is 0 Å². The molecule has 0 radical (unpaired) electrons.